The third-order valence-electron chi connectivity index (χ3n) is 6.61. The molecule has 40 heavy (non-hydrogen) atoms. The van der Waals surface area contributed by atoms with Crippen LogP contribution in [0.2, 0.25) is 0 Å². The summed E-state index contributed by atoms with van der Waals surface area (Å²) in [4.78, 5) is 30.1. The van der Waals surface area contributed by atoms with E-state index in [4.69, 9.17) is 4.74 Å². The number of aliphatic hydroxyl groups excluding tert-OH is 1. The number of hydrogen-bond acceptors (Lipinski definition) is 7. The Morgan fingerprint density at radius 3 is 2.52 bits per heavy atom. The van der Waals surface area contributed by atoms with E-state index in [0.29, 0.717) is 12.8 Å². The third kappa shape index (κ3) is 7.56. The predicted molar refractivity (Wildman–Crippen MR) is 151 cm³/mol. The normalized spacial score (nSPS) is 19.4. The summed E-state index contributed by atoms with van der Waals surface area (Å²) in [6, 6.07) is 16.6. The standard InChI is InChI=1S/C29H36N4O6S/c1-29(2,3)39-28(36)32-24(18-20-13-14-21-9-4-5-10-22(21)17-20)27(35)31-23-11-8-16-33(19-25(23)34)40(37,38)26-12-6-7-15-30-26/h4-7,9-10,12-15,17,23-25,34H,8,11,16,18-19H2,1-3H3,(H,31,35)(H,32,36)/t23-,24-,25+/m0/s1. The van der Waals surface area contributed by atoms with Crippen LogP contribution in [0.3, 0.4) is 0 Å². The van der Waals surface area contributed by atoms with Gasteiger partial charge >= 0.3 is 6.09 Å². The number of β-amino-alcohol motifs (C(OH)–C–C–N with tert-alkyl or cyclic N) is 1. The number of sulfonamides is 1. The average molecular weight is 569 g/mol. The number of aliphatic hydroxyl groups is 1. The number of nitrogens with zero attached hydrogens (tertiary/aromatic N) is 2. The molecule has 0 bridgehead atoms. The highest BCUT2D eigenvalue weighted by Crippen LogP contribution is 2.21. The van der Waals surface area contributed by atoms with E-state index in [1.807, 2.05) is 42.5 Å². The smallest absolute Gasteiger partial charge is 0.408 e. The molecule has 1 fully saturated rings. The van der Waals surface area contributed by atoms with E-state index in [2.05, 4.69) is 15.6 Å². The summed E-state index contributed by atoms with van der Waals surface area (Å²) in [7, 11) is -3.90. The van der Waals surface area contributed by atoms with Gasteiger partial charge in [0.1, 0.15) is 11.6 Å². The molecule has 2 aromatic carbocycles. The SMILES string of the molecule is CC(C)(C)OC(=O)N[C@@H](Cc1ccc2ccccc2c1)C(=O)N[C@H]1CCCN(S(=O)(=O)c2ccccn2)C[C@H]1O. The first-order chi connectivity index (χ1) is 18.9. The molecule has 1 aliphatic rings. The molecule has 2 amide bonds. The molecule has 1 aromatic heterocycles. The van der Waals surface area contributed by atoms with Crippen LogP contribution in [-0.4, -0.2) is 71.7 Å². The van der Waals surface area contributed by atoms with Crippen molar-refractivity contribution in [3.63, 3.8) is 0 Å². The van der Waals surface area contributed by atoms with Crippen molar-refractivity contribution in [1.29, 1.82) is 0 Å². The van der Waals surface area contributed by atoms with Crippen LogP contribution in [0.5, 0.6) is 0 Å². The lowest BCUT2D eigenvalue weighted by atomic mass is 10.00. The molecule has 0 spiro atoms. The molecule has 3 aromatic rings. The molecule has 10 nitrogen and oxygen atoms in total. The number of carbonyl (C=O) groups is 2. The highest BCUT2D eigenvalue weighted by molar-refractivity contribution is 7.89. The largest absolute Gasteiger partial charge is 0.444 e. The number of ether oxygens (including phenoxy) is 1. The van der Waals surface area contributed by atoms with E-state index in [9.17, 15) is 23.1 Å². The number of alkyl carbamates (subject to hydrolysis) is 1. The second kappa shape index (κ2) is 12.3. The summed E-state index contributed by atoms with van der Waals surface area (Å²) in [5.74, 6) is -0.496. The third-order valence-corrected chi connectivity index (χ3v) is 8.39. The van der Waals surface area contributed by atoms with Crippen molar-refractivity contribution in [3.8, 4) is 0 Å². The maximum Gasteiger partial charge on any atom is 0.408 e. The maximum absolute atomic E-state index is 13.5. The first-order valence-electron chi connectivity index (χ1n) is 13.3. The number of rotatable bonds is 7. The fourth-order valence-corrected chi connectivity index (χ4v) is 6.10. The number of carbonyl (C=O) groups excluding carboxylic acids is 2. The van der Waals surface area contributed by atoms with Crippen LogP contribution in [0.4, 0.5) is 4.79 Å². The summed E-state index contributed by atoms with van der Waals surface area (Å²) in [5, 5.41) is 18.4. The second-order valence-corrected chi connectivity index (χ2v) is 12.8. The molecule has 0 radical (unpaired) electrons. The van der Waals surface area contributed by atoms with Gasteiger partial charge < -0.3 is 20.5 Å². The zero-order valence-corrected chi connectivity index (χ0v) is 23.7. The Kier molecular flexibility index (Phi) is 9.07. The lowest BCUT2D eigenvalue weighted by Gasteiger charge is -2.27. The highest BCUT2D eigenvalue weighted by Gasteiger charge is 2.35. The molecule has 11 heteroatoms. The Morgan fingerprint density at radius 1 is 1.10 bits per heavy atom. The van der Waals surface area contributed by atoms with Gasteiger partial charge in [-0.15, -0.1) is 0 Å². The van der Waals surface area contributed by atoms with Gasteiger partial charge in [-0.2, -0.15) is 4.31 Å². The van der Waals surface area contributed by atoms with Crippen LogP contribution in [0, 0.1) is 0 Å². The number of hydrogen-bond donors (Lipinski definition) is 3. The molecular weight excluding hydrogens is 532 g/mol. The van der Waals surface area contributed by atoms with Crippen molar-refractivity contribution in [3.05, 3.63) is 72.4 Å². The molecule has 214 valence electrons. The van der Waals surface area contributed by atoms with Crippen molar-refractivity contribution in [2.75, 3.05) is 13.1 Å². The maximum atomic E-state index is 13.5. The average Bonchev–Trinajstić information content (AvgIpc) is 3.09. The number of amides is 2. The van der Waals surface area contributed by atoms with Crippen molar-refractivity contribution < 1.29 is 27.9 Å². The van der Waals surface area contributed by atoms with Gasteiger partial charge in [-0.05, 0) is 62.1 Å². The predicted octanol–water partition coefficient (Wildman–Crippen LogP) is 3.00. The van der Waals surface area contributed by atoms with Gasteiger partial charge in [0, 0.05) is 25.7 Å². The molecule has 0 unspecified atom stereocenters. The number of pyridine rings is 1. The molecule has 1 aliphatic heterocycles. The molecule has 3 atom stereocenters. The minimum absolute atomic E-state index is 0.0957. The van der Waals surface area contributed by atoms with Gasteiger partial charge in [0.05, 0.1) is 12.1 Å². The Bertz CT molecular complexity index is 1440. The van der Waals surface area contributed by atoms with Crippen LogP contribution in [0.15, 0.2) is 71.9 Å². The van der Waals surface area contributed by atoms with Gasteiger partial charge in [0.2, 0.25) is 5.91 Å². The summed E-state index contributed by atoms with van der Waals surface area (Å²) in [5.41, 5.74) is 0.0811. The Labute approximate surface area is 234 Å². The van der Waals surface area contributed by atoms with E-state index in [1.54, 1.807) is 32.9 Å². The van der Waals surface area contributed by atoms with E-state index >= 15 is 0 Å². The first-order valence-corrected chi connectivity index (χ1v) is 14.7. The molecule has 0 saturated carbocycles. The Morgan fingerprint density at radius 2 is 1.82 bits per heavy atom. The Hall–Kier alpha value is -3.54. The van der Waals surface area contributed by atoms with Crippen molar-refractivity contribution in [1.82, 2.24) is 19.9 Å². The minimum Gasteiger partial charge on any atom is -0.444 e. The van der Waals surface area contributed by atoms with Gasteiger partial charge in [0.25, 0.3) is 10.0 Å². The molecule has 4 rings (SSSR count). The topological polar surface area (TPSA) is 138 Å². The quantitative estimate of drug-likeness (QED) is 0.398. The van der Waals surface area contributed by atoms with Crippen LogP contribution < -0.4 is 10.6 Å². The fraction of sp³-hybridized carbons (Fsp3) is 0.414. The summed E-state index contributed by atoms with van der Waals surface area (Å²) in [6.45, 7) is 5.19. The van der Waals surface area contributed by atoms with Crippen LogP contribution >= 0.6 is 0 Å². The van der Waals surface area contributed by atoms with Crippen LogP contribution in [0.1, 0.15) is 39.2 Å². The van der Waals surface area contributed by atoms with Gasteiger partial charge in [-0.3, -0.25) is 4.79 Å². The number of fused-ring (bicyclic) bond motifs is 1. The molecule has 3 N–H and O–H groups in total. The summed E-state index contributed by atoms with van der Waals surface area (Å²) >= 11 is 0. The highest BCUT2D eigenvalue weighted by atomic mass is 32.2. The summed E-state index contributed by atoms with van der Waals surface area (Å²) < 4.78 is 32.7. The van der Waals surface area contributed by atoms with E-state index in [1.165, 1.54) is 16.6 Å². The van der Waals surface area contributed by atoms with E-state index in [0.717, 1.165) is 16.3 Å². The first kappa shape index (κ1) is 29.4. The lowest BCUT2D eigenvalue weighted by molar-refractivity contribution is -0.124. The molecule has 0 aliphatic carbocycles. The molecular formula is C29H36N4O6S. The lowest BCUT2D eigenvalue weighted by Crippen LogP contribution is -2.54. The molecule has 2 heterocycles. The summed E-state index contributed by atoms with van der Waals surface area (Å²) in [6.07, 6.45) is 0.477. The van der Waals surface area contributed by atoms with Crippen molar-refractivity contribution >= 4 is 32.8 Å². The van der Waals surface area contributed by atoms with Crippen molar-refractivity contribution in [2.24, 2.45) is 0 Å². The fourth-order valence-electron chi connectivity index (χ4n) is 4.67. The van der Waals surface area contributed by atoms with E-state index in [-0.39, 0.29) is 24.5 Å². The van der Waals surface area contributed by atoms with Crippen LogP contribution in [0.25, 0.3) is 10.8 Å². The van der Waals surface area contributed by atoms with Crippen molar-refractivity contribution in [2.45, 2.75) is 68.8 Å². The number of benzene rings is 2. The minimum atomic E-state index is -3.90. The second-order valence-electron chi connectivity index (χ2n) is 10.9. The van der Waals surface area contributed by atoms with E-state index < -0.39 is 45.8 Å². The zero-order chi connectivity index (χ0) is 28.9. The van der Waals surface area contributed by atoms with Gasteiger partial charge in [-0.25, -0.2) is 18.2 Å². The number of aromatic nitrogens is 1. The van der Waals surface area contributed by atoms with Crippen LogP contribution in [-0.2, 0) is 26.0 Å². The van der Waals surface area contributed by atoms with Gasteiger partial charge in [-0.1, -0.05) is 48.5 Å². The monoisotopic (exact) mass is 568 g/mol. The van der Waals surface area contributed by atoms with Gasteiger partial charge in [0.15, 0.2) is 5.03 Å². The molecule has 1 saturated heterocycles. The zero-order valence-electron chi connectivity index (χ0n) is 22.9. The Balaban J connectivity index is 1.49. The number of nitrogens with one attached hydrogen (secondary N) is 2.